The van der Waals surface area contributed by atoms with Crippen molar-refractivity contribution in [1.29, 1.82) is 0 Å². The summed E-state index contributed by atoms with van der Waals surface area (Å²) < 4.78 is 9.48. The summed E-state index contributed by atoms with van der Waals surface area (Å²) in [5.74, 6) is -0.143. The molecule has 3 saturated carbocycles. The molecule has 0 spiro atoms. The number of hydrazone groups is 1. The van der Waals surface area contributed by atoms with Crippen LogP contribution < -0.4 is 5.43 Å². The topological polar surface area (TPSA) is 77.0 Å². The Kier molecular flexibility index (Phi) is 2.39. The van der Waals surface area contributed by atoms with Crippen LogP contribution in [-0.2, 0) is 19.1 Å². The van der Waals surface area contributed by atoms with Crippen molar-refractivity contribution >= 4 is 17.7 Å². The van der Waals surface area contributed by atoms with E-state index in [1.807, 2.05) is 0 Å². The third-order valence-corrected chi connectivity index (χ3v) is 4.08. The van der Waals surface area contributed by atoms with Crippen LogP contribution in [0.3, 0.4) is 0 Å². The Morgan fingerprint density at radius 2 is 1.89 bits per heavy atom. The molecule has 0 radical (unpaired) electrons. The summed E-state index contributed by atoms with van der Waals surface area (Å²) in [7, 11) is 2.68. The quantitative estimate of drug-likeness (QED) is 0.708. The van der Waals surface area contributed by atoms with Gasteiger partial charge in [0.25, 0.3) is 0 Å². The fraction of sp³-hybridized carbons (Fsp3) is 0.583. The number of carbonyl (C=O) groups is 2. The third-order valence-electron chi connectivity index (χ3n) is 4.08. The van der Waals surface area contributed by atoms with Crippen molar-refractivity contribution < 1.29 is 19.1 Å². The molecular weight excluding hydrogens is 236 g/mol. The van der Waals surface area contributed by atoms with Gasteiger partial charge in [-0.25, -0.2) is 9.59 Å². The molecule has 6 heteroatoms. The molecule has 0 aromatic carbocycles. The number of rotatable bonds is 2. The van der Waals surface area contributed by atoms with E-state index in [1.165, 1.54) is 14.2 Å². The summed E-state index contributed by atoms with van der Waals surface area (Å²) >= 11 is 0. The first-order valence-electron chi connectivity index (χ1n) is 5.91. The zero-order valence-corrected chi connectivity index (χ0v) is 10.2. The summed E-state index contributed by atoms with van der Waals surface area (Å²) in [6, 6.07) is 0. The zero-order valence-electron chi connectivity index (χ0n) is 10.2. The molecule has 1 N–H and O–H groups in total. The second kappa shape index (κ2) is 3.83. The minimum absolute atomic E-state index is 0.0715. The molecule has 0 aromatic rings. The van der Waals surface area contributed by atoms with Gasteiger partial charge >= 0.3 is 11.9 Å². The summed E-state index contributed by atoms with van der Waals surface area (Å²) in [4.78, 5) is 23.4. The van der Waals surface area contributed by atoms with Crippen LogP contribution in [0.5, 0.6) is 0 Å². The van der Waals surface area contributed by atoms with Gasteiger partial charge in [-0.1, -0.05) is 0 Å². The number of hydrogen-bond donors (Lipinski definition) is 1. The molecule has 18 heavy (non-hydrogen) atoms. The molecule has 1 heterocycles. The van der Waals surface area contributed by atoms with Crippen LogP contribution in [0.4, 0.5) is 0 Å². The Balaban J connectivity index is 2.00. The number of nitrogens with zero attached hydrogens (tertiary/aromatic N) is 1. The monoisotopic (exact) mass is 250 g/mol. The van der Waals surface area contributed by atoms with Gasteiger partial charge in [0.1, 0.15) is 5.70 Å². The van der Waals surface area contributed by atoms with Gasteiger partial charge in [-0.15, -0.1) is 0 Å². The van der Waals surface area contributed by atoms with Crippen LogP contribution in [0.15, 0.2) is 16.4 Å². The highest BCUT2D eigenvalue weighted by atomic mass is 16.5. The maximum Gasteiger partial charge on any atom is 0.355 e. The first-order chi connectivity index (χ1) is 8.67. The highest BCUT2D eigenvalue weighted by Crippen LogP contribution is 2.58. The number of carbonyl (C=O) groups excluding carboxylic acids is 2. The number of nitrogens with one attached hydrogen (secondary N) is 1. The van der Waals surface area contributed by atoms with E-state index in [0.717, 1.165) is 18.4 Å². The van der Waals surface area contributed by atoms with Gasteiger partial charge in [-0.05, 0) is 30.3 Å². The molecule has 1 atom stereocenters. The maximum absolute atomic E-state index is 11.7. The molecule has 0 saturated heterocycles. The van der Waals surface area contributed by atoms with Gasteiger partial charge in [0, 0.05) is 5.92 Å². The van der Waals surface area contributed by atoms with E-state index in [1.54, 1.807) is 0 Å². The highest BCUT2D eigenvalue weighted by Gasteiger charge is 2.55. The number of esters is 2. The second-order valence-electron chi connectivity index (χ2n) is 4.83. The molecule has 0 amide bonds. The van der Waals surface area contributed by atoms with Gasteiger partial charge in [0.05, 0.1) is 14.2 Å². The Hall–Kier alpha value is -1.85. The minimum atomic E-state index is -0.429. The van der Waals surface area contributed by atoms with Crippen LogP contribution >= 0.6 is 0 Å². The Bertz CT molecular complexity index is 488. The van der Waals surface area contributed by atoms with E-state index >= 15 is 0 Å². The largest absolute Gasteiger partial charge is 0.464 e. The molecule has 0 unspecified atom stereocenters. The van der Waals surface area contributed by atoms with Crippen LogP contribution in [0, 0.1) is 17.8 Å². The van der Waals surface area contributed by atoms with E-state index in [9.17, 15) is 9.59 Å². The van der Waals surface area contributed by atoms with Crippen LogP contribution in [0.25, 0.3) is 0 Å². The number of methoxy groups -OCH3 is 2. The molecule has 3 fully saturated rings. The lowest BCUT2D eigenvalue weighted by atomic mass is 9.81. The number of hydrogen-bond acceptors (Lipinski definition) is 6. The van der Waals surface area contributed by atoms with Gasteiger partial charge in [-0.3, -0.25) is 5.43 Å². The standard InChI is InChI=1S/C12H14N2O4/c1-17-11(15)9-7-5-3-6(4-5)8(7)10(14-13-9)12(16)18-2/h5-7,14H,3-4H2,1-2H3/t5?,6?,7-/m0/s1. The molecule has 1 aliphatic heterocycles. The lowest BCUT2D eigenvalue weighted by molar-refractivity contribution is -0.137. The van der Waals surface area contributed by atoms with Crippen molar-refractivity contribution in [1.82, 2.24) is 5.43 Å². The normalized spacial score (nSPS) is 31.9. The number of ether oxygens (including phenoxy) is 2. The summed E-state index contributed by atoms with van der Waals surface area (Å²) in [6.07, 6.45) is 2.02. The molecule has 2 bridgehead atoms. The second-order valence-corrected chi connectivity index (χ2v) is 4.83. The smallest absolute Gasteiger partial charge is 0.355 e. The third kappa shape index (κ3) is 1.31. The van der Waals surface area contributed by atoms with Crippen LogP contribution in [-0.4, -0.2) is 31.9 Å². The van der Waals surface area contributed by atoms with Gasteiger partial charge in [0.15, 0.2) is 5.71 Å². The predicted molar refractivity (Wildman–Crippen MR) is 61.3 cm³/mol. The van der Waals surface area contributed by atoms with Gasteiger partial charge in [0.2, 0.25) is 0 Å². The Labute approximate surface area is 104 Å². The zero-order chi connectivity index (χ0) is 12.9. The molecule has 96 valence electrons. The van der Waals surface area contributed by atoms with E-state index in [-0.39, 0.29) is 5.92 Å². The van der Waals surface area contributed by atoms with Crippen molar-refractivity contribution in [2.24, 2.45) is 22.9 Å². The average Bonchev–Trinajstić information content (AvgIpc) is 2.90. The lowest BCUT2D eigenvalue weighted by Gasteiger charge is -2.23. The van der Waals surface area contributed by atoms with Crippen molar-refractivity contribution in [2.45, 2.75) is 12.8 Å². The van der Waals surface area contributed by atoms with Crippen molar-refractivity contribution in [2.75, 3.05) is 14.2 Å². The summed E-state index contributed by atoms with van der Waals surface area (Å²) in [6.45, 7) is 0. The molecule has 0 aromatic heterocycles. The molecule has 3 aliphatic carbocycles. The number of allylic oxidation sites excluding steroid dienone is 1. The van der Waals surface area contributed by atoms with Crippen LogP contribution in [0.2, 0.25) is 0 Å². The molecular formula is C12H14N2O4. The fourth-order valence-electron chi connectivity index (χ4n) is 3.22. The van der Waals surface area contributed by atoms with Crippen molar-refractivity contribution in [3.05, 3.63) is 11.3 Å². The predicted octanol–water partition coefficient (Wildman–Crippen LogP) is 0.202. The Morgan fingerprint density at radius 1 is 1.22 bits per heavy atom. The maximum atomic E-state index is 11.7. The summed E-state index contributed by atoms with van der Waals surface area (Å²) in [5, 5.41) is 4.00. The molecule has 6 nitrogen and oxygen atoms in total. The van der Waals surface area contributed by atoms with Crippen molar-refractivity contribution in [3.63, 3.8) is 0 Å². The molecule has 4 rings (SSSR count). The average molecular weight is 250 g/mol. The van der Waals surface area contributed by atoms with Gasteiger partial charge < -0.3 is 9.47 Å². The van der Waals surface area contributed by atoms with E-state index in [2.05, 4.69) is 10.5 Å². The first kappa shape index (κ1) is 11.3. The highest BCUT2D eigenvalue weighted by molar-refractivity contribution is 6.38. The SMILES string of the molecule is COC(=O)C1=NNC(C(=O)OC)=C2C3CC(C3)[C@H]12. The lowest BCUT2D eigenvalue weighted by Crippen LogP contribution is -2.35. The Morgan fingerprint density at radius 3 is 2.50 bits per heavy atom. The summed E-state index contributed by atoms with van der Waals surface area (Å²) in [5.41, 5.74) is 4.41. The molecule has 4 aliphatic rings. The van der Waals surface area contributed by atoms with E-state index in [0.29, 0.717) is 23.2 Å². The van der Waals surface area contributed by atoms with Gasteiger partial charge in [-0.2, -0.15) is 5.10 Å². The van der Waals surface area contributed by atoms with Crippen LogP contribution in [0.1, 0.15) is 12.8 Å². The van der Waals surface area contributed by atoms with Crippen molar-refractivity contribution in [3.8, 4) is 0 Å². The fourth-order valence-corrected chi connectivity index (χ4v) is 3.22. The van der Waals surface area contributed by atoms with E-state index < -0.39 is 11.9 Å². The first-order valence-corrected chi connectivity index (χ1v) is 5.91. The minimum Gasteiger partial charge on any atom is -0.464 e. The van der Waals surface area contributed by atoms with E-state index in [4.69, 9.17) is 9.47 Å².